The van der Waals surface area contributed by atoms with Crippen LogP contribution in [0.2, 0.25) is 0 Å². The Morgan fingerprint density at radius 1 is 1.33 bits per heavy atom. The Hall–Kier alpha value is -2.20. The molecule has 7 heteroatoms. The van der Waals surface area contributed by atoms with Gasteiger partial charge in [0.25, 0.3) is 0 Å². The highest BCUT2D eigenvalue weighted by Gasteiger charge is 2.46. The lowest BCUT2D eigenvalue weighted by molar-refractivity contribution is -0.143. The van der Waals surface area contributed by atoms with Crippen LogP contribution in [0.5, 0.6) is 0 Å². The van der Waals surface area contributed by atoms with Gasteiger partial charge in [-0.1, -0.05) is 23.9 Å². The van der Waals surface area contributed by atoms with Crippen molar-refractivity contribution < 1.29 is 13.9 Å². The second-order valence-corrected chi connectivity index (χ2v) is 5.60. The highest BCUT2D eigenvalue weighted by atomic mass is 32.2. The van der Waals surface area contributed by atoms with Crippen LogP contribution in [-0.2, 0) is 9.53 Å². The van der Waals surface area contributed by atoms with Crippen molar-refractivity contribution in [3.63, 3.8) is 0 Å². The van der Waals surface area contributed by atoms with Crippen molar-refractivity contribution in [3.8, 4) is 6.07 Å². The van der Waals surface area contributed by atoms with E-state index in [0.29, 0.717) is 5.56 Å². The summed E-state index contributed by atoms with van der Waals surface area (Å²) in [7, 11) is 1.21. The largest absolute Gasteiger partial charge is 0.468 e. The lowest BCUT2D eigenvalue weighted by atomic mass is 9.77. The Morgan fingerprint density at radius 2 is 1.95 bits per heavy atom. The number of halogens is 1. The minimum Gasteiger partial charge on any atom is -0.468 e. The van der Waals surface area contributed by atoms with E-state index in [1.807, 2.05) is 6.07 Å². The van der Waals surface area contributed by atoms with Crippen LogP contribution in [0, 0.1) is 39.8 Å². The van der Waals surface area contributed by atoms with E-state index >= 15 is 0 Å². The fourth-order valence-corrected chi connectivity index (χ4v) is 3.29. The van der Waals surface area contributed by atoms with Gasteiger partial charge in [0.15, 0.2) is 0 Å². The quantitative estimate of drug-likeness (QED) is 0.820. The van der Waals surface area contributed by atoms with E-state index < -0.39 is 29.5 Å². The van der Waals surface area contributed by atoms with Crippen LogP contribution in [0.1, 0.15) is 11.5 Å². The smallest absolute Gasteiger partial charge is 0.315 e. The maximum absolute atomic E-state index is 13.1. The number of ether oxygens (including phenoxy) is 1. The maximum atomic E-state index is 13.1. The highest BCUT2D eigenvalue weighted by Crippen LogP contribution is 2.43. The van der Waals surface area contributed by atoms with Crippen molar-refractivity contribution >= 4 is 27.8 Å². The molecule has 1 aromatic rings. The molecule has 0 saturated carbocycles. The summed E-state index contributed by atoms with van der Waals surface area (Å²) in [4.78, 5) is 12.0. The molecule has 1 heterocycles. The number of carbonyl (C=O) groups is 1. The molecule has 1 fully saturated rings. The molecular weight excluding hydrogens is 293 g/mol. The van der Waals surface area contributed by atoms with Gasteiger partial charge in [-0.15, -0.1) is 0 Å². The van der Waals surface area contributed by atoms with Crippen molar-refractivity contribution in [2.45, 2.75) is 5.92 Å². The molecule has 1 aliphatic rings. The number of methoxy groups -OCH3 is 1. The van der Waals surface area contributed by atoms with Crippen LogP contribution < -0.4 is 0 Å². The number of nitrogens with zero attached hydrogens (tertiary/aromatic N) is 1. The highest BCUT2D eigenvalue weighted by molar-refractivity contribution is 8.26. The third-order valence-corrected chi connectivity index (χ3v) is 4.30. The van der Waals surface area contributed by atoms with E-state index in [1.54, 1.807) is 0 Å². The molecule has 0 aromatic heterocycles. The number of hydrogen-bond acceptors (Lipinski definition) is 6. The van der Waals surface area contributed by atoms with Crippen LogP contribution in [0.25, 0.3) is 0 Å². The first-order chi connectivity index (χ1) is 9.99. The van der Waals surface area contributed by atoms with Gasteiger partial charge in [0.2, 0.25) is 0 Å². The summed E-state index contributed by atoms with van der Waals surface area (Å²) in [5.74, 6) is -3.60. The molecule has 0 spiro atoms. The number of benzene rings is 1. The molecule has 3 unspecified atom stereocenters. The molecule has 1 aromatic carbocycles. The molecule has 21 heavy (non-hydrogen) atoms. The molecule has 5 nitrogen and oxygen atoms in total. The molecule has 0 bridgehead atoms. The van der Waals surface area contributed by atoms with E-state index in [2.05, 4.69) is 0 Å². The predicted octanol–water partition coefficient (Wildman–Crippen LogP) is 2.54. The van der Waals surface area contributed by atoms with E-state index in [1.165, 1.54) is 31.4 Å². The number of nitriles is 1. The SMILES string of the molecule is COC(=O)C1C(=N)SC(=N)C(C#N)C1c1ccc(F)cc1. The molecule has 0 radical (unpaired) electrons. The Labute approximate surface area is 125 Å². The molecule has 0 amide bonds. The molecule has 2 rings (SSSR count). The summed E-state index contributed by atoms with van der Waals surface area (Å²) in [6.07, 6.45) is 0. The Balaban J connectivity index is 2.53. The van der Waals surface area contributed by atoms with Gasteiger partial charge in [-0.25, -0.2) is 4.39 Å². The van der Waals surface area contributed by atoms with Gasteiger partial charge in [0.05, 0.1) is 23.3 Å². The fraction of sp³-hybridized carbons (Fsp3) is 0.286. The average Bonchev–Trinajstić information content (AvgIpc) is 2.46. The molecule has 3 atom stereocenters. The lowest BCUT2D eigenvalue weighted by Crippen LogP contribution is -2.40. The van der Waals surface area contributed by atoms with Crippen molar-refractivity contribution in [2.75, 3.05) is 7.11 Å². The molecule has 2 N–H and O–H groups in total. The topological polar surface area (TPSA) is 97.8 Å². The zero-order valence-corrected chi connectivity index (χ0v) is 11.9. The monoisotopic (exact) mass is 305 g/mol. The minimum atomic E-state index is -0.954. The summed E-state index contributed by atoms with van der Waals surface area (Å²) in [5, 5.41) is 25.1. The van der Waals surface area contributed by atoms with Gasteiger partial charge < -0.3 is 4.74 Å². The normalized spacial score (nSPS) is 25.3. The number of esters is 1. The third-order valence-electron chi connectivity index (χ3n) is 3.35. The Bertz CT molecular complexity index is 639. The van der Waals surface area contributed by atoms with Gasteiger partial charge in [0, 0.05) is 5.92 Å². The van der Waals surface area contributed by atoms with Gasteiger partial charge in [-0.05, 0) is 17.7 Å². The van der Waals surface area contributed by atoms with Gasteiger partial charge >= 0.3 is 5.97 Å². The van der Waals surface area contributed by atoms with Gasteiger partial charge in [-0.3, -0.25) is 15.6 Å². The first-order valence-electron chi connectivity index (χ1n) is 6.07. The average molecular weight is 305 g/mol. The molecule has 108 valence electrons. The number of rotatable bonds is 2. The van der Waals surface area contributed by atoms with Crippen LogP contribution in [-0.4, -0.2) is 23.2 Å². The minimum absolute atomic E-state index is 0.0111. The predicted molar refractivity (Wildman–Crippen MR) is 76.8 cm³/mol. The number of hydrogen-bond donors (Lipinski definition) is 2. The van der Waals surface area contributed by atoms with Crippen molar-refractivity contribution in [3.05, 3.63) is 35.6 Å². The van der Waals surface area contributed by atoms with Crippen molar-refractivity contribution in [2.24, 2.45) is 11.8 Å². The molecular formula is C14H12FN3O2S. The van der Waals surface area contributed by atoms with Crippen LogP contribution in [0.4, 0.5) is 4.39 Å². The zero-order chi connectivity index (χ0) is 15.6. The summed E-state index contributed by atoms with van der Waals surface area (Å²) in [5.41, 5.74) is 0.535. The second-order valence-electron chi connectivity index (χ2n) is 4.52. The van der Waals surface area contributed by atoms with Crippen molar-refractivity contribution in [1.82, 2.24) is 0 Å². The Morgan fingerprint density at radius 3 is 2.48 bits per heavy atom. The Kier molecular flexibility index (Phi) is 4.38. The van der Waals surface area contributed by atoms with E-state index in [0.717, 1.165) is 11.8 Å². The maximum Gasteiger partial charge on any atom is 0.315 e. The van der Waals surface area contributed by atoms with Gasteiger partial charge in [-0.2, -0.15) is 5.26 Å². The van der Waals surface area contributed by atoms with Crippen LogP contribution >= 0.6 is 11.8 Å². The molecule has 0 aliphatic carbocycles. The van der Waals surface area contributed by atoms with Gasteiger partial charge in [0.1, 0.15) is 17.7 Å². The first-order valence-corrected chi connectivity index (χ1v) is 6.89. The standard InChI is InChI=1S/C14H12FN3O2S/c1-20-14(19)11-10(7-2-4-8(15)5-3-7)9(6-16)12(17)21-13(11)18/h2-5,9-11,17-18H,1H3. The first kappa shape index (κ1) is 15.2. The number of thioether (sulfide) groups is 1. The van der Waals surface area contributed by atoms with Crippen LogP contribution in [0.3, 0.4) is 0 Å². The van der Waals surface area contributed by atoms with E-state index in [9.17, 15) is 14.4 Å². The number of carbonyl (C=O) groups excluding carboxylic acids is 1. The zero-order valence-electron chi connectivity index (χ0n) is 11.1. The van der Waals surface area contributed by atoms with Crippen LogP contribution in [0.15, 0.2) is 24.3 Å². The van der Waals surface area contributed by atoms with E-state index in [4.69, 9.17) is 15.6 Å². The third kappa shape index (κ3) is 2.81. The lowest BCUT2D eigenvalue weighted by Gasteiger charge is -2.33. The van der Waals surface area contributed by atoms with E-state index in [-0.39, 0.29) is 10.1 Å². The summed E-state index contributed by atoms with van der Waals surface area (Å²) in [6.45, 7) is 0. The summed E-state index contributed by atoms with van der Waals surface area (Å²) < 4.78 is 17.8. The fourth-order valence-electron chi connectivity index (χ4n) is 2.35. The number of nitrogens with one attached hydrogen (secondary N) is 2. The summed E-state index contributed by atoms with van der Waals surface area (Å²) >= 11 is 0.797. The molecule has 1 saturated heterocycles. The van der Waals surface area contributed by atoms with Crippen molar-refractivity contribution in [1.29, 1.82) is 16.1 Å². The summed E-state index contributed by atoms with van der Waals surface area (Å²) in [6, 6.07) is 7.40. The second kappa shape index (κ2) is 6.06. The molecule has 1 aliphatic heterocycles.